The summed E-state index contributed by atoms with van der Waals surface area (Å²) in [7, 11) is -0.565. The third-order valence-corrected chi connectivity index (χ3v) is 9.39. The molecule has 2 atom stereocenters. The van der Waals surface area contributed by atoms with E-state index in [2.05, 4.69) is 0 Å². The van der Waals surface area contributed by atoms with Crippen LogP contribution in [0.1, 0.15) is 18.9 Å². The zero-order chi connectivity index (χ0) is 12.7. The number of aromatic hydroxyl groups is 1. The predicted octanol–water partition coefficient (Wildman–Crippen LogP) is 3.07. The van der Waals surface area contributed by atoms with Crippen LogP contribution in [0.2, 0.25) is 0 Å². The minimum Gasteiger partial charge on any atom is -0.508 e. The summed E-state index contributed by atoms with van der Waals surface area (Å²) in [4.78, 5) is 0. The number of aliphatic hydroxyl groups is 1. The fraction of sp³-hybridized carbons (Fsp3) is 0.455. The Labute approximate surface area is 105 Å². The normalized spacial score (nSPS) is 35.3. The molecule has 1 saturated heterocycles. The molecule has 1 fully saturated rings. The maximum absolute atomic E-state index is 13.0. The molecule has 2 unspecified atom stereocenters. The van der Waals surface area contributed by atoms with E-state index in [1.807, 2.05) is 6.92 Å². The van der Waals surface area contributed by atoms with E-state index in [0.29, 0.717) is 18.4 Å². The lowest BCUT2D eigenvalue weighted by Crippen LogP contribution is -2.08. The van der Waals surface area contributed by atoms with Gasteiger partial charge in [-0.1, -0.05) is 10.8 Å². The predicted molar refractivity (Wildman–Crippen MR) is 69.7 cm³/mol. The van der Waals surface area contributed by atoms with Gasteiger partial charge in [-0.2, -0.15) is 0 Å². The van der Waals surface area contributed by atoms with Gasteiger partial charge in [-0.25, -0.2) is 4.39 Å². The van der Waals surface area contributed by atoms with E-state index in [-0.39, 0.29) is 21.6 Å². The van der Waals surface area contributed by atoms with Crippen molar-refractivity contribution in [2.24, 2.45) is 0 Å². The Morgan fingerprint density at radius 3 is 2.76 bits per heavy atom. The summed E-state index contributed by atoms with van der Waals surface area (Å²) in [6, 6.07) is 3.85. The van der Waals surface area contributed by atoms with Crippen LogP contribution in [0.3, 0.4) is 0 Å². The van der Waals surface area contributed by atoms with Gasteiger partial charge in [-0.3, -0.25) is 0 Å². The van der Waals surface area contributed by atoms with E-state index >= 15 is 0 Å². The second kappa shape index (κ2) is 4.35. The van der Waals surface area contributed by atoms with E-state index in [0.717, 1.165) is 0 Å². The largest absolute Gasteiger partial charge is 0.508 e. The van der Waals surface area contributed by atoms with E-state index in [1.165, 1.54) is 29.0 Å². The van der Waals surface area contributed by atoms with Crippen molar-refractivity contribution < 1.29 is 19.2 Å². The highest BCUT2D eigenvalue weighted by Crippen LogP contribution is 2.89. The number of benzene rings is 1. The lowest BCUT2D eigenvalue weighted by molar-refractivity contribution is 0.360. The van der Waals surface area contributed by atoms with Gasteiger partial charge in [0.15, 0.2) is 0 Å². The topological polar surface area (TPSA) is 60.7 Å². The lowest BCUT2D eigenvalue weighted by atomic mass is 10.1. The van der Waals surface area contributed by atoms with Crippen LogP contribution in [0.15, 0.2) is 18.2 Å². The molecule has 3 nitrogen and oxygen atoms in total. The number of aryl methyl sites for hydroxylation is 1. The molecule has 1 aliphatic heterocycles. The highest BCUT2D eigenvalue weighted by Gasteiger charge is 2.60. The van der Waals surface area contributed by atoms with Gasteiger partial charge in [0.25, 0.3) is 0 Å². The molecule has 96 valence electrons. The molecule has 2 rings (SSSR count). The van der Waals surface area contributed by atoms with Crippen molar-refractivity contribution in [2.45, 2.75) is 23.8 Å². The second-order valence-corrected chi connectivity index (χ2v) is 10.2. The molecule has 0 spiro atoms. The van der Waals surface area contributed by atoms with Crippen LogP contribution in [-0.2, 0) is 6.42 Å². The van der Waals surface area contributed by atoms with E-state index in [1.54, 1.807) is 0 Å². The van der Waals surface area contributed by atoms with Gasteiger partial charge in [0.05, 0.1) is 4.08 Å². The fourth-order valence-corrected chi connectivity index (χ4v) is 6.41. The van der Waals surface area contributed by atoms with Gasteiger partial charge >= 0.3 is 0 Å². The van der Waals surface area contributed by atoms with Crippen LogP contribution in [0.4, 0.5) is 4.39 Å². The van der Waals surface area contributed by atoms with Crippen molar-refractivity contribution in [3.8, 4) is 5.75 Å². The molecule has 17 heavy (non-hydrogen) atoms. The number of phenols is 1. The van der Waals surface area contributed by atoms with Crippen molar-refractivity contribution in [1.82, 2.24) is 0 Å². The first kappa shape index (κ1) is 13.0. The van der Waals surface area contributed by atoms with E-state index in [4.69, 9.17) is 5.11 Å². The summed E-state index contributed by atoms with van der Waals surface area (Å²) in [5.41, 5.74) is 0.540. The van der Waals surface area contributed by atoms with Gasteiger partial charge in [0, 0.05) is 0 Å². The molecule has 0 radical (unpaired) electrons. The van der Waals surface area contributed by atoms with Crippen molar-refractivity contribution in [3.05, 3.63) is 29.6 Å². The quantitative estimate of drug-likeness (QED) is 0.585. The Bertz CT molecular complexity index is 443. The van der Waals surface area contributed by atoms with Crippen LogP contribution in [0.5, 0.6) is 5.75 Å². The second-order valence-electron chi connectivity index (χ2n) is 4.26. The van der Waals surface area contributed by atoms with Gasteiger partial charge in [-0.05, 0) is 52.9 Å². The van der Waals surface area contributed by atoms with Gasteiger partial charge in [-0.15, -0.1) is 0 Å². The van der Waals surface area contributed by atoms with Crippen molar-refractivity contribution in [1.29, 1.82) is 0 Å². The first-order valence-electron chi connectivity index (χ1n) is 5.22. The fourth-order valence-electron chi connectivity index (χ4n) is 1.75. The zero-order valence-electron chi connectivity index (χ0n) is 9.39. The minimum absolute atomic E-state index is 0.0724. The zero-order valence-corrected chi connectivity index (χ0v) is 11.0. The molecule has 0 aromatic heterocycles. The minimum atomic E-state index is -1.95. The number of halogens is 1. The molecule has 1 aliphatic rings. The number of aliphatic hydroxyl groups excluding tert-OH is 1. The SMILES string of the molecule is CC1(CCc2cc(F)ccc2O)SS1(O)CO. The van der Waals surface area contributed by atoms with Crippen LogP contribution in [-0.4, -0.2) is 24.8 Å². The highest BCUT2D eigenvalue weighted by atomic mass is 33.2. The van der Waals surface area contributed by atoms with Crippen LogP contribution in [0, 0.1) is 5.82 Å². The monoisotopic (exact) mass is 278 g/mol. The molecule has 0 saturated carbocycles. The molecule has 1 heterocycles. The molecule has 3 N–H and O–H groups in total. The first-order chi connectivity index (χ1) is 7.90. The summed E-state index contributed by atoms with van der Waals surface area (Å²) < 4.78 is 22.6. The van der Waals surface area contributed by atoms with Gasteiger partial charge < -0.3 is 14.8 Å². The number of hydrogen-bond donors (Lipinski definition) is 3. The standard InChI is InChI=1S/C11H15FO3S2/c1-11(16-17(11,15)7-13)5-4-8-6-9(12)2-3-10(8)14/h2-3,6,13-15H,4-5,7H2,1H3. The average molecular weight is 278 g/mol. The summed E-state index contributed by atoms with van der Waals surface area (Å²) in [6.45, 7) is 1.89. The van der Waals surface area contributed by atoms with Crippen LogP contribution >= 0.6 is 20.1 Å². The summed E-state index contributed by atoms with van der Waals surface area (Å²) >= 11 is 0. The third kappa shape index (κ3) is 2.40. The number of hydrogen-bond acceptors (Lipinski definition) is 4. The highest BCUT2D eigenvalue weighted by molar-refractivity contribution is 9.07. The Hall–Kier alpha value is -0.430. The average Bonchev–Trinajstić information content (AvgIpc) is 2.84. The molecule has 0 amide bonds. The van der Waals surface area contributed by atoms with Crippen molar-refractivity contribution in [3.63, 3.8) is 0 Å². The van der Waals surface area contributed by atoms with Crippen molar-refractivity contribution in [2.75, 3.05) is 5.94 Å². The molecule has 1 aromatic rings. The van der Waals surface area contributed by atoms with Gasteiger partial charge in [0.2, 0.25) is 0 Å². The smallest absolute Gasteiger partial charge is 0.123 e. The number of rotatable bonds is 4. The van der Waals surface area contributed by atoms with Crippen molar-refractivity contribution >= 4 is 20.1 Å². The molecule has 1 aromatic carbocycles. The molecular formula is C11H15FO3S2. The number of phenolic OH excluding ortho intramolecular Hbond substituents is 1. The molecule has 0 aliphatic carbocycles. The summed E-state index contributed by atoms with van der Waals surface area (Å²) in [5, 5.41) is 18.6. The third-order valence-electron chi connectivity index (χ3n) is 3.03. The van der Waals surface area contributed by atoms with Gasteiger partial charge in [0.1, 0.15) is 17.5 Å². The van der Waals surface area contributed by atoms with Crippen LogP contribution < -0.4 is 0 Å². The maximum atomic E-state index is 13.0. The van der Waals surface area contributed by atoms with E-state index in [9.17, 15) is 14.0 Å². The Kier molecular flexibility index (Phi) is 3.33. The Morgan fingerprint density at radius 2 is 2.18 bits per heavy atom. The Morgan fingerprint density at radius 1 is 1.47 bits per heavy atom. The lowest BCUT2D eigenvalue weighted by Gasteiger charge is -2.16. The van der Waals surface area contributed by atoms with E-state index < -0.39 is 9.34 Å². The molecular weight excluding hydrogens is 263 g/mol. The summed E-state index contributed by atoms with van der Waals surface area (Å²) in [6.07, 6.45) is 1.10. The van der Waals surface area contributed by atoms with Crippen LogP contribution in [0.25, 0.3) is 0 Å². The summed E-state index contributed by atoms with van der Waals surface area (Å²) in [5.74, 6) is -0.511. The Balaban J connectivity index is 2.02. The molecule has 6 heteroatoms. The molecule has 0 bridgehead atoms. The maximum Gasteiger partial charge on any atom is 0.123 e. The first-order valence-corrected chi connectivity index (χ1v) is 8.31.